The summed E-state index contributed by atoms with van der Waals surface area (Å²) < 4.78 is 10.4. The first-order chi connectivity index (χ1) is 12.2. The fraction of sp³-hybridized carbons (Fsp3) is 0.444. The molecule has 2 heterocycles. The molecule has 0 bridgehead atoms. The molecule has 7 nitrogen and oxygen atoms in total. The molecule has 1 aliphatic rings. The van der Waals surface area contributed by atoms with Gasteiger partial charge in [0.2, 0.25) is 0 Å². The third-order valence-corrected chi connectivity index (χ3v) is 4.41. The van der Waals surface area contributed by atoms with Crippen molar-refractivity contribution in [3.8, 4) is 5.75 Å². The minimum atomic E-state index is -0.127. The largest absolute Gasteiger partial charge is 0.496 e. The number of hydrogen-bond donors (Lipinski definition) is 1. The number of nitrogens with zero attached hydrogens (tertiary/aromatic N) is 3. The highest BCUT2D eigenvalue weighted by Gasteiger charge is 2.21. The summed E-state index contributed by atoms with van der Waals surface area (Å²) in [7, 11) is 1.70. The zero-order valence-corrected chi connectivity index (χ0v) is 14.7. The molecule has 7 heteroatoms. The summed E-state index contributed by atoms with van der Waals surface area (Å²) in [5.74, 6) is 2.07. The van der Waals surface area contributed by atoms with E-state index in [2.05, 4.69) is 21.4 Å². The second-order valence-corrected chi connectivity index (χ2v) is 6.14. The molecule has 2 aromatic rings. The molecule has 1 aliphatic heterocycles. The van der Waals surface area contributed by atoms with Crippen molar-refractivity contribution < 1.29 is 14.1 Å². The van der Waals surface area contributed by atoms with E-state index >= 15 is 0 Å². The van der Waals surface area contributed by atoms with E-state index in [1.165, 1.54) is 5.56 Å². The van der Waals surface area contributed by atoms with E-state index < -0.39 is 0 Å². The summed E-state index contributed by atoms with van der Waals surface area (Å²) in [5.41, 5.74) is 1.21. The number of ether oxygens (including phenoxy) is 1. The van der Waals surface area contributed by atoms with Gasteiger partial charge in [-0.1, -0.05) is 23.4 Å². The Morgan fingerprint density at radius 1 is 1.28 bits per heavy atom. The van der Waals surface area contributed by atoms with Crippen LogP contribution in [0.2, 0.25) is 0 Å². The average Bonchev–Trinajstić information content (AvgIpc) is 3.05. The minimum absolute atomic E-state index is 0.127. The average molecular weight is 344 g/mol. The summed E-state index contributed by atoms with van der Waals surface area (Å²) in [4.78, 5) is 16.4. The Morgan fingerprint density at radius 3 is 2.72 bits per heavy atom. The topological polar surface area (TPSA) is 70.8 Å². The van der Waals surface area contributed by atoms with Crippen LogP contribution in [0.15, 0.2) is 34.9 Å². The summed E-state index contributed by atoms with van der Waals surface area (Å²) >= 11 is 0. The summed E-state index contributed by atoms with van der Waals surface area (Å²) in [6.45, 7) is 5.88. The van der Waals surface area contributed by atoms with Crippen LogP contribution in [-0.2, 0) is 6.42 Å². The molecule has 134 valence electrons. The number of amides is 2. The smallest absolute Gasteiger partial charge is 0.323 e. The van der Waals surface area contributed by atoms with Crippen LogP contribution in [0.3, 0.4) is 0 Å². The lowest BCUT2D eigenvalue weighted by atomic mass is 10.1. The summed E-state index contributed by atoms with van der Waals surface area (Å²) in [6, 6.07) is 9.69. The van der Waals surface area contributed by atoms with E-state index in [4.69, 9.17) is 9.26 Å². The molecule has 1 fully saturated rings. The number of hydrogen-bond acceptors (Lipinski definition) is 5. The fourth-order valence-electron chi connectivity index (χ4n) is 2.98. The van der Waals surface area contributed by atoms with Gasteiger partial charge in [-0.05, 0) is 25.0 Å². The highest BCUT2D eigenvalue weighted by molar-refractivity contribution is 5.88. The number of piperazine rings is 1. The lowest BCUT2D eigenvalue weighted by Gasteiger charge is -2.34. The molecule has 1 saturated heterocycles. The normalized spacial score (nSPS) is 15.2. The lowest BCUT2D eigenvalue weighted by Crippen LogP contribution is -2.50. The van der Waals surface area contributed by atoms with Gasteiger partial charge in [0.15, 0.2) is 5.82 Å². The number of anilines is 1. The Labute approximate surface area is 147 Å². The SMILES string of the molecule is COc1ccccc1CCN1CCN(C(=O)Nc2cc(C)on2)CC1. The van der Waals surface area contributed by atoms with E-state index in [0.717, 1.165) is 31.8 Å². The molecule has 3 rings (SSSR count). The maximum absolute atomic E-state index is 12.2. The van der Waals surface area contributed by atoms with Crippen LogP contribution in [0.25, 0.3) is 0 Å². The Morgan fingerprint density at radius 2 is 2.04 bits per heavy atom. The maximum Gasteiger partial charge on any atom is 0.323 e. The molecule has 1 aromatic carbocycles. The van der Waals surface area contributed by atoms with Crippen LogP contribution in [-0.4, -0.2) is 60.8 Å². The second kappa shape index (κ2) is 8.02. The van der Waals surface area contributed by atoms with E-state index in [1.807, 2.05) is 23.1 Å². The van der Waals surface area contributed by atoms with Crippen LogP contribution >= 0.6 is 0 Å². The van der Waals surface area contributed by atoms with Crippen LogP contribution in [0.4, 0.5) is 10.6 Å². The molecule has 2 amide bonds. The minimum Gasteiger partial charge on any atom is -0.496 e. The van der Waals surface area contributed by atoms with Gasteiger partial charge in [-0.15, -0.1) is 0 Å². The highest BCUT2D eigenvalue weighted by Crippen LogP contribution is 2.18. The fourth-order valence-corrected chi connectivity index (χ4v) is 2.98. The Balaban J connectivity index is 1.44. The molecule has 0 spiro atoms. The molecule has 1 aromatic heterocycles. The number of para-hydroxylation sites is 1. The number of benzene rings is 1. The van der Waals surface area contributed by atoms with Crippen molar-refractivity contribution in [3.05, 3.63) is 41.7 Å². The van der Waals surface area contributed by atoms with Gasteiger partial charge in [0.1, 0.15) is 11.5 Å². The Hall–Kier alpha value is -2.54. The monoisotopic (exact) mass is 344 g/mol. The first-order valence-electron chi connectivity index (χ1n) is 8.49. The molecular formula is C18H24N4O3. The van der Waals surface area contributed by atoms with Crippen LogP contribution in [0, 0.1) is 6.92 Å². The standard InChI is InChI=1S/C18H24N4O3/c1-14-13-17(20-25-14)19-18(23)22-11-9-21(10-12-22)8-7-15-5-3-4-6-16(15)24-2/h3-6,13H,7-12H2,1-2H3,(H,19,20,23). The van der Waals surface area contributed by atoms with Gasteiger partial charge in [-0.2, -0.15) is 0 Å². The number of carbonyl (C=O) groups is 1. The lowest BCUT2D eigenvalue weighted by molar-refractivity contribution is 0.148. The number of rotatable bonds is 5. The third-order valence-electron chi connectivity index (χ3n) is 4.41. The van der Waals surface area contributed by atoms with Gasteiger partial charge in [0.25, 0.3) is 0 Å². The highest BCUT2D eigenvalue weighted by atomic mass is 16.5. The van der Waals surface area contributed by atoms with Gasteiger partial charge >= 0.3 is 6.03 Å². The van der Waals surface area contributed by atoms with Crippen molar-refractivity contribution in [1.82, 2.24) is 15.0 Å². The van der Waals surface area contributed by atoms with Crippen molar-refractivity contribution in [2.75, 3.05) is 45.2 Å². The third kappa shape index (κ3) is 4.51. The van der Waals surface area contributed by atoms with E-state index in [1.54, 1.807) is 20.1 Å². The first kappa shape index (κ1) is 17.3. The second-order valence-electron chi connectivity index (χ2n) is 6.14. The van der Waals surface area contributed by atoms with Crippen molar-refractivity contribution in [3.63, 3.8) is 0 Å². The molecule has 0 aliphatic carbocycles. The van der Waals surface area contributed by atoms with Gasteiger partial charge in [-0.3, -0.25) is 10.2 Å². The first-order valence-corrected chi connectivity index (χ1v) is 8.49. The number of carbonyl (C=O) groups excluding carboxylic acids is 1. The molecule has 0 saturated carbocycles. The zero-order valence-electron chi connectivity index (χ0n) is 14.7. The number of urea groups is 1. The van der Waals surface area contributed by atoms with E-state index in [0.29, 0.717) is 24.7 Å². The van der Waals surface area contributed by atoms with Crippen LogP contribution < -0.4 is 10.1 Å². The van der Waals surface area contributed by atoms with Gasteiger partial charge < -0.3 is 14.2 Å². The van der Waals surface area contributed by atoms with Crippen molar-refractivity contribution >= 4 is 11.8 Å². The summed E-state index contributed by atoms with van der Waals surface area (Å²) in [5, 5.41) is 6.56. The molecule has 0 atom stereocenters. The van der Waals surface area contributed by atoms with Crippen LogP contribution in [0.5, 0.6) is 5.75 Å². The van der Waals surface area contributed by atoms with Crippen molar-refractivity contribution in [2.45, 2.75) is 13.3 Å². The maximum atomic E-state index is 12.2. The van der Waals surface area contributed by atoms with E-state index in [9.17, 15) is 4.79 Å². The predicted molar refractivity (Wildman–Crippen MR) is 95.0 cm³/mol. The molecule has 0 unspecified atom stereocenters. The van der Waals surface area contributed by atoms with Gasteiger partial charge in [-0.25, -0.2) is 4.79 Å². The number of aryl methyl sites for hydroxylation is 1. The zero-order chi connectivity index (χ0) is 17.6. The Kier molecular flexibility index (Phi) is 5.55. The van der Waals surface area contributed by atoms with Gasteiger partial charge in [0, 0.05) is 38.8 Å². The van der Waals surface area contributed by atoms with Gasteiger partial charge in [0.05, 0.1) is 7.11 Å². The quantitative estimate of drug-likeness (QED) is 0.902. The number of nitrogens with one attached hydrogen (secondary N) is 1. The summed E-state index contributed by atoms with van der Waals surface area (Å²) in [6.07, 6.45) is 0.939. The molecule has 25 heavy (non-hydrogen) atoms. The number of aromatic nitrogens is 1. The number of methoxy groups -OCH3 is 1. The van der Waals surface area contributed by atoms with Crippen LogP contribution in [0.1, 0.15) is 11.3 Å². The molecule has 1 N–H and O–H groups in total. The van der Waals surface area contributed by atoms with E-state index in [-0.39, 0.29) is 6.03 Å². The van der Waals surface area contributed by atoms with Crippen molar-refractivity contribution in [1.29, 1.82) is 0 Å². The predicted octanol–water partition coefficient (Wildman–Crippen LogP) is 2.38. The molecular weight excluding hydrogens is 320 g/mol. The van der Waals surface area contributed by atoms with Crippen molar-refractivity contribution in [2.24, 2.45) is 0 Å². The molecule has 0 radical (unpaired) electrons. The Bertz CT molecular complexity index is 708.